The van der Waals surface area contributed by atoms with Gasteiger partial charge in [-0.25, -0.2) is 0 Å². The van der Waals surface area contributed by atoms with Crippen molar-refractivity contribution in [3.05, 3.63) is 24.3 Å². The van der Waals surface area contributed by atoms with Gasteiger partial charge in [-0.2, -0.15) is 0 Å². The summed E-state index contributed by atoms with van der Waals surface area (Å²) in [5.41, 5.74) is 5.24. The van der Waals surface area contributed by atoms with Gasteiger partial charge in [-0.05, 0) is 30.7 Å². The van der Waals surface area contributed by atoms with Crippen molar-refractivity contribution in [1.29, 1.82) is 0 Å². The number of thioether (sulfide) groups is 1. The van der Waals surface area contributed by atoms with Crippen molar-refractivity contribution in [2.24, 2.45) is 5.73 Å². The Kier molecular flexibility index (Phi) is 19.3. The number of hydrogen-bond acceptors (Lipinski definition) is 4. The Morgan fingerprint density at radius 3 is 1.66 bits per heavy atom. The zero-order chi connectivity index (χ0) is 25.6. The van der Waals surface area contributed by atoms with Crippen LogP contribution in [0.3, 0.4) is 0 Å². The van der Waals surface area contributed by atoms with Crippen LogP contribution in [0.1, 0.15) is 116 Å². The standard InChI is InChI=1S/C29H50N2O3S/c1-2-3-4-5-6-7-8-9-10-11-12-13-14-15-16-17-22-31(29(34)25-28(30)33)23-24-35-27-20-18-26(32)19-21-27/h18-21,32H,2-17,22-25H2,1H3,(H2,30,33). The lowest BCUT2D eigenvalue weighted by atomic mass is 10.0. The number of primary amides is 1. The number of rotatable bonds is 23. The highest BCUT2D eigenvalue weighted by Crippen LogP contribution is 2.21. The van der Waals surface area contributed by atoms with Crippen molar-refractivity contribution in [2.45, 2.75) is 121 Å². The van der Waals surface area contributed by atoms with E-state index >= 15 is 0 Å². The van der Waals surface area contributed by atoms with Gasteiger partial charge < -0.3 is 15.7 Å². The summed E-state index contributed by atoms with van der Waals surface area (Å²) in [6.45, 7) is 3.55. The highest BCUT2D eigenvalue weighted by atomic mass is 32.2. The van der Waals surface area contributed by atoms with E-state index in [-0.39, 0.29) is 18.1 Å². The summed E-state index contributed by atoms with van der Waals surface area (Å²) in [6, 6.07) is 7.06. The number of carbonyl (C=O) groups excluding carboxylic acids is 2. The Balaban J connectivity index is 2.07. The molecule has 35 heavy (non-hydrogen) atoms. The first kappa shape index (κ1) is 31.3. The molecule has 2 amide bonds. The van der Waals surface area contributed by atoms with E-state index in [0.29, 0.717) is 13.1 Å². The van der Waals surface area contributed by atoms with Crippen molar-refractivity contribution < 1.29 is 14.7 Å². The zero-order valence-electron chi connectivity index (χ0n) is 22.1. The zero-order valence-corrected chi connectivity index (χ0v) is 23.0. The first-order valence-corrected chi connectivity index (χ1v) is 15.0. The highest BCUT2D eigenvalue weighted by Gasteiger charge is 2.15. The summed E-state index contributed by atoms with van der Waals surface area (Å²) in [7, 11) is 0. The number of aromatic hydroxyl groups is 1. The molecule has 0 aliphatic carbocycles. The summed E-state index contributed by atoms with van der Waals surface area (Å²) in [5.74, 6) is 0.243. The SMILES string of the molecule is CCCCCCCCCCCCCCCCCCN(CCSc1ccc(O)cc1)C(=O)CC(N)=O. The summed E-state index contributed by atoms with van der Waals surface area (Å²) >= 11 is 1.64. The van der Waals surface area contributed by atoms with Crippen molar-refractivity contribution in [3.8, 4) is 5.75 Å². The van der Waals surface area contributed by atoms with E-state index in [9.17, 15) is 14.7 Å². The first-order chi connectivity index (χ1) is 17.0. The van der Waals surface area contributed by atoms with E-state index in [0.717, 1.165) is 23.5 Å². The van der Waals surface area contributed by atoms with Gasteiger partial charge in [-0.1, -0.05) is 103 Å². The molecule has 0 unspecified atom stereocenters. The molecule has 0 aliphatic rings. The molecular formula is C29H50N2O3S. The topological polar surface area (TPSA) is 83.6 Å². The number of nitrogens with zero attached hydrogens (tertiary/aromatic N) is 1. The molecule has 1 aromatic rings. The molecule has 0 heterocycles. The third-order valence-corrected chi connectivity index (χ3v) is 7.42. The van der Waals surface area contributed by atoms with Crippen LogP contribution in [0.4, 0.5) is 0 Å². The molecular weight excluding hydrogens is 456 g/mol. The first-order valence-electron chi connectivity index (χ1n) is 14.0. The predicted octanol–water partition coefficient (Wildman–Crippen LogP) is 7.45. The molecule has 6 heteroatoms. The molecule has 0 saturated heterocycles. The van der Waals surface area contributed by atoms with E-state index in [1.165, 1.54) is 89.9 Å². The van der Waals surface area contributed by atoms with Gasteiger partial charge in [-0.3, -0.25) is 9.59 Å². The smallest absolute Gasteiger partial charge is 0.232 e. The van der Waals surface area contributed by atoms with Gasteiger partial charge in [0.05, 0.1) is 0 Å². The van der Waals surface area contributed by atoms with Crippen LogP contribution in [0.15, 0.2) is 29.2 Å². The maximum atomic E-state index is 12.4. The van der Waals surface area contributed by atoms with Crippen LogP contribution < -0.4 is 5.73 Å². The highest BCUT2D eigenvalue weighted by molar-refractivity contribution is 7.99. The van der Waals surface area contributed by atoms with Gasteiger partial charge >= 0.3 is 0 Å². The fourth-order valence-corrected chi connectivity index (χ4v) is 5.16. The van der Waals surface area contributed by atoms with E-state index in [1.54, 1.807) is 28.8 Å². The normalized spacial score (nSPS) is 11.0. The minimum Gasteiger partial charge on any atom is -0.508 e. The molecule has 0 fully saturated rings. The molecule has 0 spiro atoms. The molecule has 0 saturated carbocycles. The predicted molar refractivity (Wildman–Crippen MR) is 149 cm³/mol. The maximum absolute atomic E-state index is 12.4. The van der Waals surface area contributed by atoms with Gasteiger partial charge in [0.2, 0.25) is 11.8 Å². The molecule has 3 N–H and O–H groups in total. The third kappa shape index (κ3) is 18.3. The van der Waals surface area contributed by atoms with Crippen LogP contribution in [-0.4, -0.2) is 40.7 Å². The van der Waals surface area contributed by atoms with Crippen molar-refractivity contribution in [3.63, 3.8) is 0 Å². The van der Waals surface area contributed by atoms with Gasteiger partial charge in [0.25, 0.3) is 0 Å². The van der Waals surface area contributed by atoms with Crippen LogP contribution >= 0.6 is 11.8 Å². The van der Waals surface area contributed by atoms with Crippen LogP contribution in [-0.2, 0) is 9.59 Å². The fraction of sp³-hybridized carbons (Fsp3) is 0.724. The largest absolute Gasteiger partial charge is 0.508 e. The number of benzene rings is 1. The molecule has 1 aromatic carbocycles. The van der Waals surface area contributed by atoms with Crippen LogP contribution in [0, 0.1) is 0 Å². The fourth-order valence-electron chi connectivity index (χ4n) is 4.29. The number of unbranched alkanes of at least 4 members (excludes halogenated alkanes) is 15. The Morgan fingerprint density at radius 2 is 1.20 bits per heavy atom. The average molecular weight is 507 g/mol. The molecule has 200 valence electrons. The molecule has 0 atom stereocenters. The Hall–Kier alpha value is -1.69. The lowest BCUT2D eigenvalue weighted by Gasteiger charge is -2.22. The second-order valence-corrected chi connectivity index (χ2v) is 10.8. The summed E-state index contributed by atoms with van der Waals surface area (Å²) < 4.78 is 0. The minimum atomic E-state index is -0.571. The molecule has 1 rings (SSSR count). The van der Waals surface area contributed by atoms with Crippen molar-refractivity contribution in [1.82, 2.24) is 4.90 Å². The van der Waals surface area contributed by atoms with Crippen LogP contribution in [0.2, 0.25) is 0 Å². The summed E-state index contributed by atoms with van der Waals surface area (Å²) in [4.78, 5) is 26.5. The second kappa shape index (κ2) is 21.6. The van der Waals surface area contributed by atoms with Gasteiger partial charge in [0.1, 0.15) is 12.2 Å². The third-order valence-electron chi connectivity index (χ3n) is 6.43. The quantitative estimate of drug-likeness (QED) is 0.0917. The Morgan fingerprint density at radius 1 is 0.743 bits per heavy atom. The Bertz CT molecular complexity index is 666. The molecule has 0 aromatic heterocycles. The van der Waals surface area contributed by atoms with E-state index in [4.69, 9.17) is 5.73 Å². The number of hydrogen-bond donors (Lipinski definition) is 2. The molecule has 0 aliphatic heterocycles. The van der Waals surface area contributed by atoms with Gasteiger partial charge in [0.15, 0.2) is 0 Å². The Labute approximate surface area is 218 Å². The minimum absolute atomic E-state index is 0.176. The lowest BCUT2D eigenvalue weighted by Crippen LogP contribution is -2.36. The summed E-state index contributed by atoms with van der Waals surface area (Å²) in [6.07, 6.45) is 20.9. The number of nitrogens with two attached hydrogens (primary N) is 1. The second-order valence-electron chi connectivity index (χ2n) is 9.67. The van der Waals surface area contributed by atoms with E-state index in [1.807, 2.05) is 12.1 Å². The van der Waals surface area contributed by atoms with Crippen LogP contribution in [0.5, 0.6) is 5.75 Å². The number of carbonyl (C=O) groups is 2. The lowest BCUT2D eigenvalue weighted by molar-refractivity contribution is -0.135. The number of phenols is 1. The van der Waals surface area contributed by atoms with Crippen molar-refractivity contribution in [2.75, 3.05) is 18.8 Å². The maximum Gasteiger partial charge on any atom is 0.232 e. The van der Waals surface area contributed by atoms with Crippen LogP contribution in [0.25, 0.3) is 0 Å². The van der Waals surface area contributed by atoms with E-state index in [2.05, 4.69) is 6.92 Å². The van der Waals surface area contributed by atoms with Crippen molar-refractivity contribution >= 4 is 23.6 Å². The average Bonchev–Trinajstić information content (AvgIpc) is 2.83. The number of phenolic OH excluding ortho intramolecular Hbond substituents is 1. The molecule has 5 nitrogen and oxygen atoms in total. The monoisotopic (exact) mass is 506 g/mol. The van der Waals surface area contributed by atoms with E-state index < -0.39 is 5.91 Å². The molecule has 0 radical (unpaired) electrons. The summed E-state index contributed by atoms with van der Waals surface area (Å²) in [5, 5.41) is 9.39. The number of amides is 2. The molecule has 0 bridgehead atoms. The van der Waals surface area contributed by atoms with Gasteiger partial charge in [0, 0.05) is 23.7 Å². The van der Waals surface area contributed by atoms with Gasteiger partial charge in [-0.15, -0.1) is 11.8 Å².